The maximum atomic E-state index is 12.4. The molecule has 1 amide bonds. The summed E-state index contributed by atoms with van der Waals surface area (Å²) in [5.41, 5.74) is 1.54. The number of halogens is 1. The average molecular weight is 441 g/mol. The first-order valence-corrected chi connectivity index (χ1v) is 11.2. The van der Waals surface area contributed by atoms with Gasteiger partial charge in [-0.3, -0.25) is 4.79 Å². The smallest absolute Gasteiger partial charge is 0.263 e. The highest BCUT2D eigenvalue weighted by Gasteiger charge is 2.18. The molecule has 0 unspecified atom stereocenters. The Morgan fingerprint density at radius 3 is 2.47 bits per heavy atom. The number of nitrogens with zero attached hydrogens (tertiary/aromatic N) is 3. The highest BCUT2D eigenvalue weighted by molar-refractivity contribution is 7.99. The molecule has 4 rings (SSSR count). The monoisotopic (exact) mass is 440 g/mol. The van der Waals surface area contributed by atoms with Gasteiger partial charge in [0.05, 0.1) is 0 Å². The number of ether oxygens (including phenoxy) is 1. The molecule has 1 fully saturated rings. The second kappa shape index (κ2) is 9.82. The number of anilines is 1. The quantitative estimate of drug-likeness (QED) is 0.612. The maximum absolute atomic E-state index is 12.4. The van der Waals surface area contributed by atoms with Crippen molar-refractivity contribution in [2.45, 2.75) is 6.54 Å². The van der Waals surface area contributed by atoms with Gasteiger partial charge in [-0.25, -0.2) is 9.97 Å². The molecule has 0 spiro atoms. The minimum absolute atomic E-state index is 0.150. The number of carbonyl (C=O) groups excluding carboxylic acids is 1. The van der Waals surface area contributed by atoms with Crippen LogP contribution >= 0.6 is 23.4 Å². The van der Waals surface area contributed by atoms with Crippen LogP contribution in [-0.4, -0.2) is 40.5 Å². The van der Waals surface area contributed by atoms with Crippen molar-refractivity contribution in [1.82, 2.24) is 15.3 Å². The lowest BCUT2D eigenvalue weighted by Gasteiger charge is -2.28. The lowest BCUT2D eigenvalue weighted by Crippen LogP contribution is -2.33. The topological polar surface area (TPSA) is 67.3 Å². The molecular weight excluding hydrogens is 420 g/mol. The van der Waals surface area contributed by atoms with E-state index in [1.54, 1.807) is 48.8 Å². The van der Waals surface area contributed by atoms with E-state index in [4.69, 9.17) is 16.3 Å². The maximum Gasteiger partial charge on any atom is 0.263 e. The van der Waals surface area contributed by atoms with Gasteiger partial charge in [-0.1, -0.05) is 23.7 Å². The lowest BCUT2D eigenvalue weighted by atomic mass is 10.2. The number of hydrogen-bond acceptors (Lipinski definition) is 6. The van der Waals surface area contributed by atoms with Crippen molar-refractivity contribution in [1.29, 1.82) is 0 Å². The molecule has 2 aromatic carbocycles. The Kier molecular flexibility index (Phi) is 6.71. The first-order chi connectivity index (χ1) is 14.7. The molecular formula is C22H21ClN4O2S. The number of amides is 1. The third-order valence-electron chi connectivity index (χ3n) is 4.65. The molecule has 2 heterocycles. The number of rotatable bonds is 6. The Morgan fingerprint density at radius 2 is 1.73 bits per heavy atom. The van der Waals surface area contributed by atoms with Gasteiger partial charge < -0.3 is 15.0 Å². The van der Waals surface area contributed by atoms with Crippen LogP contribution < -0.4 is 15.0 Å². The summed E-state index contributed by atoms with van der Waals surface area (Å²) in [6.45, 7) is 2.28. The lowest BCUT2D eigenvalue weighted by molar-refractivity contribution is 0.0951. The summed E-state index contributed by atoms with van der Waals surface area (Å²) in [6.07, 6.45) is 3.30. The van der Waals surface area contributed by atoms with E-state index in [2.05, 4.69) is 20.2 Å². The Morgan fingerprint density at radius 1 is 1.03 bits per heavy atom. The van der Waals surface area contributed by atoms with Crippen molar-refractivity contribution >= 4 is 35.1 Å². The molecule has 0 radical (unpaired) electrons. The Hall–Kier alpha value is -2.77. The molecule has 3 aromatic rings. The first-order valence-electron chi connectivity index (χ1n) is 9.63. The molecule has 154 valence electrons. The minimum Gasteiger partial charge on any atom is -0.436 e. The van der Waals surface area contributed by atoms with Crippen LogP contribution in [0, 0.1) is 0 Å². The fourth-order valence-electron chi connectivity index (χ4n) is 3.05. The summed E-state index contributed by atoms with van der Waals surface area (Å²) in [6, 6.07) is 14.4. The fourth-order valence-corrected chi connectivity index (χ4v) is 4.08. The van der Waals surface area contributed by atoms with Crippen LogP contribution in [0.3, 0.4) is 0 Å². The predicted octanol–water partition coefficient (Wildman–Crippen LogP) is 4.41. The van der Waals surface area contributed by atoms with Gasteiger partial charge in [0.2, 0.25) is 0 Å². The normalized spacial score (nSPS) is 13.7. The van der Waals surface area contributed by atoms with E-state index in [0.717, 1.165) is 36.0 Å². The molecule has 1 aliphatic heterocycles. The van der Waals surface area contributed by atoms with E-state index in [9.17, 15) is 4.79 Å². The molecule has 0 bridgehead atoms. The van der Waals surface area contributed by atoms with Crippen LogP contribution in [0.5, 0.6) is 11.6 Å². The van der Waals surface area contributed by atoms with Crippen LogP contribution in [0.4, 0.5) is 5.82 Å². The molecule has 0 aliphatic carbocycles. The second-order valence-electron chi connectivity index (χ2n) is 6.72. The van der Waals surface area contributed by atoms with Crippen LogP contribution in [-0.2, 0) is 6.54 Å². The van der Waals surface area contributed by atoms with Gasteiger partial charge in [0.25, 0.3) is 11.8 Å². The summed E-state index contributed by atoms with van der Waals surface area (Å²) < 4.78 is 5.97. The standard InChI is InChI=1S/C22H21ClN4O2S/c23-18-5-1-16(2-6-18)15-26-21(28)17-3-7-19(8-4-17)29-22-20(24-9-10-25-22)27-11-13-30-14-12-27/h1-10H,11-15H2,(H,26,28). The molecule has 30 heavy (non-hydrogen) atoms. The number of benzene rings is 2. The number of hydrogen-bond donors (Lipinski definition) is 1. The van der Waals surface area contributed by atoms with Gasteiger partial charge in [-0.2, -0.15) is 11.8 Å². The zero-order chi connectivity index (χ0) is 20.8. The van der Waals surface area contributed by atoms with E-state index < -0.39 is 0 Å². The summed E-state index contributed by atoms with van der Waals surface area (Å²) in [4.78, 5) is 23.4. The van der Waals surface area contributed by atoms with Crippen LogP contribution in [0.15, 0.2) is 60.9 Å². The van der Waals surface area contributed by atoms with E-state index in [1.165, 1.54) is 0 Å². The summed E-state index contributed by atoms with van der Waals surface area (Å²) in [5.74, 6) is 3.82. The molecule has 6 nitrogen and oxygen atoms in total. The molecule has 1 saturated heterocycles. The van der Waals surface area contributed by atoms with Crippen molar-refractivity contribution in [3.8, 4) is 11.6 Å². The van der Waals surface area contributed by atoms with Gasteiger partial charge >= 0.3 is 0 Å². The zero-order valence-electron chi connectivity index (χ0n) is 16.3. The average Bonchev–Trinajstić information content (AvgIpc) is 2.80. The summed E-state index contributed by atoms with van der Waals surface area (Å²) >= 11 is 7.82. The van der Waals surface area contributed by atoms with E-state index in [-0.39, 0.29) is 5.91 Å². The van der Waals surface area contributed by atoms with E-state index >= 15 is 0 Å². The molecule has 1 aromatic heterocycles. The Bertz CT molecular complexity index is 993. The highest BCUT2D eigenvalue weighted by atomic mass is 35.5. The van der Waals surface area contributed by atoms with E-state index in [1.807, 2.05) is 23.9 Å². The molecule has 1 aliphatic rings. The SMILES string of the molecule is O=C(NCc1ccc(Cl)cc1)c1ccc(Oc2nccnc2N2CCSCC2)cc1. The summed E-state index contributed by atoms with van der Waals surface area (Å²) in [5, 5.41) is 3.57. The third kappa shape index (κ3) is 5.23. The van der Waals surface area contributed by atoms with Crippen molar-refractivity contribution < 1.29 is 9.53 Å². The highest BCUT2D eigenvalue weighted by Crippen LogP contribution is 2.29. The number of nitrogens with one attached hydrogen (secondary N) is 1. The molecule has 1 N–H and O–H groups in total. The Balaban J connectivity index is 1.39. The van der Waals surface area contributed by atoms with Crippen molar-refractivity contribution in [2.24, 2.45) is 0 Å². The van der Waals surface area contributed by atoms with Crippen molar-refractivity contribution in [3.05, 3.63) is 77.1 Å². The van der Waals surface area contributed by atoms with Crippen molar-refractivity contribution in [3.63, 3.8) is 0 Å². The van der Waals surface area contributed by atoms with Gasteiger partial charge in [0.15, 0.2) is 5.82 Å². The van der Waals surface area contributed by atoms with Gasteiger partial charge in [-0.05, 0) is 42.0 Å². The second-order valence-corrected chi connectivity index (χ2v) is 8.38. The van der Waals surface area contributed by atoms with Crippen LogP contribution in [0.25, 0.3) is 0 Å². The molecule has 0 atom stereocenters. The predicted molar refractivity (Wildman–Crippen MR) is 121 cm³/mol. The van der Waals surface area contributed by atoms with Crippen LogP contribution in [0.2, 0.25) is 5.02 Å². The molecule has 8 heteroatoms. The number of carbonyl (C=O) groups is 1. The number of thioether (sulfide) groups is 1. The minimum atomic E-state index is -0.150. The largest absolute Gasteiger partial charge is 0.436 e. The molecule has 0 saturated carbocycles. The van der Waals surface area contributed by atoms with Gasteiger partial charge in [0.1, 0.15) is 5.75 Å². The van der Waals surface area contributed by atoms with E-state index in [0.29, 0.717) is 28.8 Å². The zero-order valence-corrected chi connectivity index (χ0v) is 17.8. The third-order valence-corrected chi connectivity index (χ3v) is 5.85. The fraction of sp³-hybridized carbons (Fsp3) is 0.227. The van der Waals surface area contributed by atoms with Gasteiger partial charge in [-0.15, -0.1) is 0 Å². The van der Waals surface area contributed by atoms with Crippen LogP contribution in [0.1, 0.15) is 15.9 Å². The first kappa shape index (κ1) is 20.5. The summed E-state index contributed by atoms with van der Waals surface area (Å²) in [7, 11) is 0. The van der Waals surface area contributed by atoms with Gasteiger partial charge in [0, 0.05) is 54.1 Å². The number of aromatic nitrogens is 2. The Labute approximate surface area is 184 Å². The van der Waals surface area contributed by atoms with Crippen molar-refractivity contribution in [2.75, 3.05) is 29.5 Å².